The average molecular weight is 511 g/mol. The number of anilines is 3. The van der Waals surface area contributed by atoms with E-state index >= 15 is 0 Å². The van der Waals surface area contributed by atoms with Gasteiger partial charge in [-0.25, -0.2) is 13.8 Å². The fraction of sp³-hybridized carbons (Fsp3) is 0.208. The van der Waals surface area contributed by atoms with Gasteiger partial charge in [0.2, 0.25) is 5.95 Å². The van der Waals surface area contributed by atoms with Gasteiger partial charge in [0.25, 0.3) is 5.56 Å². The zero-order valence-corrected chi connectivity index (χ0v) is 20.0. The van der Waals surface area contributed by atoms with Crippen LogP contribution in [-0.2, 0) is 0 Å². The predicted octanol–water partition coefficient (Wildman–Crippen LogP) is 4.34. The summed E-state index contributed by atoms with van der Waals surface area (Å²) >= 11 is 6.31. The molecule has 12 heteroatoms. The first-order chi connectivity index (χ1) is 17.1. The largest absolute Gasteiger partial charge is 0.382 e. The Labute approximate surface area is 209 Å². The van der Waals surface area contributed by atoms with Crippen molar-refractivity contribution in [2.24, 2.45) is 5.92 Å². The molecule has 2 aromatic heterocycles. The molecular formula is C24H21ClF2N8O. The number of nitrogen functional groups attached to an aromatic ring is 2. The smallest absolute Gasteiger partial charge is 0.267 e. The van der Waals surface area contributed by atoms with Crippen LogP contribution < -0.4 is 22.3 Å². The van der Waals surface area contributed by atoms with E-state index in [0.29, 0.717) is 12.5 Å². The van der Waals surface area contributed by atoms with Gasteiger partial charge >= 0.3 is 0 Å². The lowest BCUT2D eigenvalue weighted by molar-refractivity contribution is 0.455. The fourth-order valence-corrected chi connectivity index (χ4v) is 4.14. The Hall–Kier alpha value is -4.30. The molecule has 2 atom stereocenters. The number of nitrogens with two attached hydrogens (primary N) is 2. The molecule has 4 aromatic rings. The Bertz CT molecular complexity index is 1560. The van der Waals surface area contributed by atoms with Gasteiger partial charge < -0.3 is 16.8 Å². The minimum Gasteiger partial charge on any atom is -0.382 e. The highest BCUT2D eigenvalue weighted by Gasteiger charge is 2.28. The molecule has 0 radical (unpaired) electrons. The van der Waals surface area contributed by atoms with Crippen LogP contribution in [0.1, 0.15) is 37.7 Å². The molecule has 0 aliphatic rings. The van der Waals surface area contributed by atoms with Crippen molar-refractivity contribution >= 4 is 40.1 Å². The molecular weight excluding hydrogens is 490 g/mol. The topological polar surface area (TPSA) is 149 Å². The molecule has 0 aliphatic heterocycles. The summed E-state index contributed by atoms with van der Waals surface area (Å²) in [7, 11) is 0. The number of aromatic nitrogens is 4. The predicted molar refractivity (Wildman–Crippen MR) is 134 cm³/mol. The van der Waals surface area contributed by atoms with Gasteiger partial charge in [0.1, 0.15) is 34.9 Å². The third-order valence-corrected chi connectivity index (χ3v) is 6.14. The molecule has 184 valence electrons. The molecule has 0 unspecified atom stereocenters. The maximum absolute atomic E-state index is 14.2. The van der Waals surface area contributed by atoms with Crippen molar-refractivity contribution in [2.45, 2.75) is 26.3 Å². The summed E-state index contributed by atoms with van der Waals surface area (Å²) in [4.78, 5) is 26.3. The first-order valence-electron chi connectivity index (χ1n) is 10.9. The standard InChI is InChI=1S/C24H21ClF2N8O/c1-3-11(2)19(32-21-15(10-28)20(29)33-24(30)34-21)22-31-17-6-4-5-16(25)18(17)23(36)35(22)14-8-12(26)7-13(27)9-14/h4-9,11,19H,3H2,1-2H3,(H5,29,30,32,33,34)/t11-,19+/m0/s1. The SMILES string of the molecule is CC[C@H](C)[C@@H](Nc1nc(N)nc(N)c1C#N)c1nc2cccc(Cl)c2c(=O)n1-c1cc(F)cc(F)c1. The number of rotatable bonds is 6. The highest BCUT2D eigenvalue weighted by molar-refractivity contribution is 6.35. The van der Waals surface area contributed by atoms with Crippen molar-refractivity contribution < 1.29 is 8.78 Å². The van der Waals surface area contributed by atoms with E-state index in [9.17, 15) is 18.8 Å². The van der Waals surface area contributed by atoms with E-state index in [-0.39, 0.29) is 56.5 Å². The third kappa shape index (κ3) is 4.50. The maximum atomic E-state index is 14.2. The number of nitrogens with zero attached hydrogens (tertiary/aromatic N) is 5. The zero-order valence-electron chi connectivity index (χ0n) is 19.3. The van der Waals surface area contributed by atoms with Crippen molar-refractivity contribution in [1.82, 2.24) is 19.5 Å². The second-order valence-electron chi connectivity index (χ2n) is 8.18. The van der Waals surface area contributed by atoms with Crippen molar-refractivity contribution in [1.29, 1.82) is 5.26 Å². The monoisotopic (exact) mass is 510 g/mol. The van der Waals surface area contributed by atoms with Gasteiger partial charge in [-0.1, -0.05) is 37.9 Å². The molecule has 0 bridgehead atoms. The molecule has 0 fully saturated rings. The lowest BCUT2D eigenvalue weighted by Crippen LogP contribution is -2.31. The molecule has 0 saturated carbocycles. The Morgan fingerprint density at radius 1 is 1.17 bits per heavy atom. The van der Waals surface area contributed by atoms with Gasteiger partial charge in [-0.2, -0.15) is 15.2 Å². The molecule has 0 aliphatic carbocycles. The van der Waals surface area contributed by atoms with Gasteiger partial charge in [0.15, 0.2) is 5.82 Å². The van der Waals surface area contributed by atoms with Crippen LogP contribution in [0.2, 0.25) is 5.02 Å². The number of benzene rings is 2. The van der Waals surface area contributed by atoms with Crippen LogP contribution >= 0.6 is 11.6 Å². The minimum atomic E-state index is -0.877. The van der Waals surface area contributed by atoms with E-state index < -0.39 is 23.2 Å². The number of nitriles is 1. The molecule has 0 spiro atoms. The van der Waals surface area contributed by atoms with Gasteiger partial charge in [-0.3, -0.25) is 9.36 Å². The normalized spacial score (nSPS) is 12.8. The Morgan fingerprint density at radius 3 is 2.50 bits per heavy atom. The summed E-state index contributed by atoms with van der Waals surface area (Å²) in [6.45, 7) is 3.79. The lowest BCUT2D eigenvalue weighted by atomic mass is 9.97. The minimum absolute atomic E-state index is 0.0326. The molecule has 4 rings (SSSR count). The van der Waals surface area contributed by atoms with Gasteiger partial charge in [-0.15, -0.1) is 0 Å². The van der Waals surface area contributed by atoms with E-state index in [1.54, 1.807) is 12.1 Å². The summed E-state index contributed by atoms with van der Waals surface area (Å²) in [5, 5.41) is 13.0. The molecule has 9 nitrogen and oxygen atoms in total. The quantitative estimate of drug-likeness (QED) is 0.347. The van der Waals surface area contributed by atoms with Gasteiger partial charge in [0.05, 0.1) is 27.7 Å². The van der Waals surface area contributed by atoms with E-state index in [0.717, 1.165) is 16.7 Å². The van der Waals surface area contributed by atoms with Crippen LogP contribution in [0.15, 0.2) is 41.2 Å². The van der Waals surface area contributed by atoms with Crippen LogP contribution in [0, 0.1) is 28.9 Å². The van der Waals surface area contributed by atoms with Gasteiger partial charge in [-0.05, 0) is 30.2 Å². The van der Waals surface area contributed by atoms with Crippen molar-refractivity contribution in [3.8, 4) is 11.8 Å². The second-order valence-corrected chi connectivity index (χ2v) is 8.59. The van der Waals surface area contributed by atoms with Crippen LogP contribution in [0.3, 0.4) is 0 Å². The van der Waals surface area contributed by atoms with Gasteiger partial charge in [0, 0.05) is 6.07 Å². The number of hydrogen-bond acceptors (Lipinski definition) is 8. The summed E-state index contributed by atoms with van der Waals surface area (Å²) < 4.78 is 29.6. The summed E-state index contributed by atoms with van der Waals surface area (Å²) in [6, 6.07) is 8.68. The second kappa shape index (κ2) is 9.75. The fourth-order valence-electron chi connectivity index (χ4n) is 3.89. The highest BCUT2D eigenvalue weighted by atomic mass is 35.5. The van der Waals surface area contributed by atoms with Crippen LogP contribution in [0.25, 0.3) is 16.6 Å². The Morgan fingerprint density at radius 2 is 1.86 bits per heavy atom. The number of nitrogens with one attached hydrogen (secondary N) is 1. The Balaban J connectivity index is 2.06. The first-order valence-corrected chi connectivity index (χ1v) is 11.3. The third-order valence-electron chi connectivity index (χ3n) is 5.83. The summed E-state index contributed by atoms with van der Waals surface area (Å²) in [5.74, 6) is -2.12. The highest BCUT2D eigenvalue weighted by Crippen LogP contribution is 2.32. The molecule has 5 N–H and O–H groups in total. The van der Waals surface area contributed by atoms with Crippen molar-refractivity contribution in [3.63, 3.8) is 0 Å². The van der Waals surface area contributed by atoms with Crippen LogP contribution in [0.4, 0.5) is 26.4 Å². The first kappa shape index (κ1) is 24.8. The molecule has 2 aromatic carbocycles. The van der Waals surface area contributed by atoms with Crippen molar-refractivity contribution in [2.75, 3.05) is 16.8 Å². The summed E-state index contributed by atoms with van der Waals surface area (Å²) in [5.41, 5.74) is 11.1. The Kier molecular flexibility index (Phi) is 6.72. The zero-order chi connectivity index (χ0) is 26.1. The lowest BCUT2D eigenvalue weighted by Gasteiger charge is -2.28. The van der Waals surface area contributed by atoms with Crippen LogP contribution in [-0.4, -0.2) is 19.5 Å². The van der Waals surface area contributed by atoms with Crippen molar-refractivity contribution in [3.05, 3.63) is 74.8 Å². The van der Waals surface area contributed by atoms with E-state index in [1.165, 1.54) is 6.07 Å². The number of hydrogen-bond donors (Lipinski definition) is 3. The van der Waals surface area contributed by atoms with E-state index in [1.807, 2.05) is 19.9 Å². The molecule has 36 heavy (non-hydrogen) atoms. The molecule has 2 heterocycles. The van der Waals surface area contributed by atoms with E-state index in [4.69, 9.17) is 23.1 Å². The maximum Gasteiger partial charge on any atom is 0.267 e. The number of halogens is 3. The number of fused-ring (bicyclic) bond motifs is 1. The van der Waals surface area contributed by atoms with E-state index in [2.05, 4.69) is 20.3 Å². The molecule has 0 saturated heterocycles. The average Bonchev–Trinajstić information content (AvgIpc) is 2.81. The molecule has 0 amide bonds. The summed E-state index contributed by atoms with van der Waals surface area (Å²) in [6.07, 6.45) is 0.594. The van der Waals surface area contributed by atoms with Crippen LogP contribution in [0.5, 0.6) is 0 Å².